The van der Waals surface area contributed by atoms with Crippen molar-refractivity contribution in [3.63, 3.8) is 0 Å². The van der Waals surface area contributed by atoms with E-state index in [4.69, 9.17) is 0 Å². The Balaban J connectivity index is 1.22. The summed E-state index contributed by atoms with van der Waals surface area (Å²) in [6.45, 7) is 16.4. The number of hydrogen-bond donors (Lipinski definition) is 4. The molecule has 40 heavy (non-hydrogen) atoms. The average Bonchev–Trinajstić information content (AvgIpc) is 3.35. The van der Waals surface area contributed by atoms with Crippen LogP contribution in [0.15, 0.2) is 47.1 Å². The van der Waals surface area contributed by atoms with Crippen LogP contribution in [0.3, 0.4) is 0 Å². The van der Waals surface area contributed by atoms with Gasteiger partial charge < -0.3 is 15.5 Å². The van der Waals surface area contributed by atoms with E-state index in [1.54, 1.807) is 11.1 Å². The molecule has 2 bridgehead atoms. The van der Waals surface area contributed by atoms with Crippen molar-refractivity contribution in [3.05, 3.63) is 47.1 Å². The SMILES string of the molecule is C=C(C)[C@@H]1CC[C@@]2(C)CC([C@@]34C=C[C@@]56[C@@H](C[C@@H]7C[C@H](NC[C@H](C)O)[C@@H](O)C[C@H]75)C[C@@H](CC3)[C@@]6(C)N4)=CC(C)=C2C1. The zero-order valence-electron chi connectivity index (χ0n) is 25.7. The van der Waals surface area contributed by atoms with Crippen LogP contribution in [0.4, 0.5) is 0 Å². The van der Waals surface area contributed by atoms with Crippen LogP contribution >= 0.6 is 0 Å². The molecule has 4 N–H and O–H groups in total. The summed E-state index contributed by atoms with van der Waals surface area (Å²) in [5.41, 5.74) is 6.67. The Labute approximate surface area is 242 Å². The highest BCUT2D eigenvalue weighted by Crippen LogP contribution is 2.73. The van der Waals surface area contributed by atoms with Gasteiger partial charge in [-0.1, -0.05) is 48.5 Å². The second kappa shape index (κ2) is 9.15. The highest BCUT2D eigenvalue weighted by molar-refractivity contribution is 5.49. The van der Waals surface area contributed by atoms with Crippen LogP contribution in [0, 0.1) is 40.4 Å². The first-order chi connectivity index (χ1) is 18.9. The van der Waals surface area contributed by atoms with Gasteiger partial charge in [0.15, 0.2) is 0 Å². The molecule has 0 unspecified atom stereocenters. The third kappa shape index (κ3) is 3.71. The molecule has 1 spiro atoms. The van der Waals surface area contributed by atoms with Gasteiger partial charge in [0.25, 0.3) is 0 Å². The average molecular weight is 547 g/mol. The summed E-state index contributed by atoms with van der Waals surface area (Å²) in [7, 11) is 0. The lowest BCUT2D eigenvalue weighted by atomic mass is 9.51. The first-order valence-corrected chi connectivity index (χ1v) is 16.6. The van der Waals surface area contributed by atoms with Gasteiger partial charge in [0.2, 0.25) is 0 Å². The van der Waals surface area contributed by atoms with Crippen LogP contribution in [0.5, 0.6) is 0 Å². The van der Waals surface area contributed by atoms with Crippen LogP contribution < -0.4 is 10.6 Å². The van der Waals surface area contributed by atoms with E-state index < -0.39 is 0 Å². The van der Waals surface area contributed by atoms with Crippen molar-refractivity contribution in [2.45, 2.75) is 128 Å². The molecule has 0 aromatic carbocycles. The van der Waals surface area contributed by atoms with Crippen LogP contribution in [-0.2, 0) is 0 Å². The Hall–Kier alpha value is -1.20. The number of aliphatic hydroxyl groups excluding tert-OH is 2. The highest BCUT2D eigenvalue weighted by Gasteiger charge is 2.73. The van der Waals surface area contributed by atoms with Crippen molar-refractivity contribution in [1.29, 1.82) is 0 Å². The first kappa shape index (κ1) is 27.6. The van der Waals surface area contributed by atoms with Gasteiger partial charge in [0, 0.05) is 23.5 Å². The molecule has 5 aliphatic carbocycles. The number of allylic oxidation sites excluding steroid dienone is 4. The number of nitrogens with one attached hydrogen (secondary N) is 2. The summed E-state index contributed by atoms with van der Waals surface area (Å²) in [5, 5.41) is 29.1. The standard InChI is InChI=1S/C36H54N2O2/c1-21(2)24-7-9-33(5)19-28(13-22(3)29(33)15-24)35-10-8-26-17-27-14-25-16-31(37-20-23(4)39)32(40)18-30(25)36(27,12-11-35)34(26,6)38-35/h11-13,23-27,30-32,37-40H,1,7-10,14-20H2,2-6H3/t23-,24+,25+,26+,27-,30+,31-,32-,33-,34+,35-,36+/m0/s1. The van der Waals surface area contributed by atoms with E-state index in [9.17, 15) is 10.2 Å². The molecule has 4 saturated carbocycles. The lowest BCUT2D eigenvalue weighted by molar-refractivity contribution is -0.0359. The van der Waals surface area contributed by atoms with Crippen LogP contribution in [0.2, 0.25) is 0 Å². The summed E-state index contributed by atoms with van der Waals surface area (Å²) in [6.07, 6.45) is 19.2. The number of rotatable bonds is 5. The zero-order chi connectivity index (χ0) is 28.2. The van der Waals surface area contributed by atoms with Gasteiger partial charge >= 0.3 is 0 Å². The Morgan fingerprint density at radius 2 is 1.93 bits per heavy atom. The lowest BCUT2D eigenvalue weighted by Gasteiger charge is -2.62. The summed E-state index contributed by atoms with van der Waals surface area (Å²) in [4.78, 5) is 0. The van der Waals surface area contributed by atoms with Gasteiger partial charge in [0.1, 0.15) is 0 Å². The second-order valence-corrected chi connectivity index (χ2v) is 16.1. The molecule has 2 aliphatic heterocycles. The van der Waals surface area contributed by atoms with Crippen LogP contribution in [0.1, 0.15) is 98.8 Å². The Bertz CT molecular complexity index is 1180. The van der Waals surface area contributed by atoms with Crippen LogP contribution in [0.25, 0.3) is 0 Å². The molecule has 0 aromatic heterocycles. The maximum Gasteiger partial charge on any atom is 0.0696 e. The molecule has 1 saturated heterocycles. The summed E-state index contributed by atoms with van der Waals surface area (Å²) in [6, 6.07) is 0.109. The van der Waals surface area contributed by atoms with Gasteiger partial charge in [-0.15, -0.1) is 0 Å². The predicted molar refractivity (Wildman–Crippen MR) is 163 cm³/mol. The van der Waals surface area contributed by atoms with Crippen molar-refractivity contribution >= 4 is 0 Å². The molecule has 4 nitrogen and oxygen atoms in total. The number of aliphatic hydroxyl groups is 2. The molecule has 5 fully saturated rings. The van der Waals surface area contributed by atoms with Gasteiger partial charge in [0.05, 0.1) is 17.7 Å². The maximum absolute atomic E-state index is 11.3. The third-order valence-electron chi connectivity index (χ3n) is 13.9. The number of hydrogen-bond acceptors (Lipinski definition) is 4. The third-order valence-corrected chi connectivity index (χ3v) is 13.9. The molecule has 12 atom stereocenters. The molecule has 220 valence electrons. The van der Waals surface area contributed by atoms with E-state index in [0.717, 1.165) is 18.8 Å². The molecular weight excluding hydrogens is 492 g/mol. The van der Waals surface area contributed by atoms with Crippen molar-refractivity contribution in [2.75, 3.05) is 6.54 Å². The van der Waals surface area contributed by atoms with Crippen molar-refractivity contribution in [2.24, 2.45) is 40.4 Å². The lowest BCUT2D eigenvalue weighted by Crippen LogP contribution is -2.72. The van der Waals surface area contributed by atoms with Gasteiger partial charge in [-0.25, -0.2) is 0 Å². The highest BCUT2D eigenvalue weighted by atomic mass is 16.3. The zero-order valence-corrected chi connectivity index (χ0v) is 25.7. The van der Waals surface area contributed by atoms with Crippen molar-refractivity contribution < 1.29 is 10.2 Å². The van der Waals surface area contributed by atoms with E-state index in [0.29, 0.717) is 30.2 Å². The Kier molecular flexibility index (Phi) is 6.32. The van der Waals surface area contributed by atoms with Gasteiger partial charge in [-0.05, 0) is 132 Å². The first-order valence-electron chi connectivity index (χ1n) is 16.6. The summed E-state index contributed by atoms with van der Waals surface area (Å²) >= 11 is 0. The minimum atomic E-state index is -0.376. The maximum atomic E-state index is 11.3. The van der Waals surface area contributed by atoms with E-state index >= 15 is 0 Å². The van der Waals surface area contributed by atoms with E-state index in [1.807, 2.05) is 6.92 Å². The van der Waals surface area contributed by atoms with Gasteiger partial charge in [-0.2, -0.15) is 0 Å². The molecule has 0 aromatic rings. The van der Waals surface area contributed by atoms with Crippen LogP contribution in [-0.4, -0.2) is 46.1 Å². The molecule has 7 aliphatic rings. The normalized spacial score (nSPS) is 51.6. The summed E-state index contributed by atoms with van der Waals surface area (Å²) < 4.78 is 0. The Morgan fingerprint density at radius 3 is 2.67 bits per heavy atom. The summed E-state index contributed by atoms with van der Waals surface area (Å²) in [5.74, 6) is 3.27. The predicted octanol–water partition coefficient (Wildman–Crippen LogP) is 6.22. The largest absolute Gasteiger partial charge is 0.392 e. The van der Waals surface area contributed by atoms with Gasteiger partial charge in [-0.3, -0.25) is 5.32 Å². The quantitative estimate of drug-likeness (QED) is 0.309. The molecule has 4 heteroatoms. The fraction of sp³-hybridized carbons (Fsp3) is 0.778. The Morgan fingerprint density at radius 1 is 1.12 bits per heavy atom. The topological polar surface area (TPSA) is 64.5 Å². The monoisotopic (exact) mass is 546 g/mol. The molecular formula is C36H54N2O2. The number of fused-ring (bicyclic) bond motifs is 3. The van der Waals surface area contributed by atoms with E-state index in [2.05, 4.69) is 63.1 Å². The van der Waals surface area contributed by atoms with Crippen molar-refractivity contribution in [1.82, 2.24) is 10.6 Å². The molecule has 0 amide bonds. The number of piperidine rings is 1. The second-order valence-electron chi connectivity index (χ2n) is 16.1. The molecule has 0 radical (unpaired) electrons. The fourth-order valence-corrected chi connectivity index (χ4v) is 11.9. The minimum absolute atomic E-state index is 0.0287. The minimum Gasteiger partial charge on any atom is -0.392 e. The fourth-order valence-electron chi connectivity index (χ4n) is 11.9. The van der Waals surface area contributed by atoms with E-state index in [1.165, 1.54) is 62.5 Å². The smallest absolute Gasteiger partial charge is 0.0696 e. The van der Waals surface area contributed by atoms with E-state index in [-0.39, 0.29) is 40.2 Å². The molecule has 2 heterocycles. The van der Waals surface area contributed by atoms with Crippen molar-refractivity contribution in [3.8, 4) is 0 Å². The molecule has 7 rings (SSSR count).